The van der Waals surface area contributed by atoms with Crippen LogP contribution in [0.1, 0.15) is 16.8 Å². The molecule has 2 amide bonds. The summed E-state index contributed by atoms with van der Waals surface area (Å²) in [5, 5.41) is 10.7. The van der Waals surface area contributed by atoms with E-state index in [1.165, 1.54) is 29.2 Å². The number of carbonyl (C=O) groups excluding carboxylic acids is 3. The average Bonchev–Trinajstić information content (AvgIpc) is 3.33. The zero-order valence-electron chi connectivity index (χ0n) is 18.0. The Bertz CT molecular complexity index is 1170. The summed E-state index contributed by atoms with van der Waals surface area (Å²) in [4.78, 5) is 50.0. The number of nitrogens with zero attached hydrogens (tertiary/aromatic N) is 2. The molecular weight excluding hydrogens is 504 g/mol. The summed E-state index contributed by atoms with van der Waals surface area (Å²) in [6, 6.07) is 12.2. The Balaban J connectivity index is 1.43. The van der Waals surface area contributed by atoms with Crippen LogP contribution < -0.4 is 4.90 Å². The molecule has 2 aliphatic rings. The smallest absolute Gasteiger partial charge is 0.338 e. The van der Waals surface area contributed by atoms with Gasteiger partial charge in [0.05, 0.1) is 28.0 Å². The SMILES string of the molecule is C=C[C@@H]1C[C@H](/C=C\COC(=O)c2ccc([N+](=O)[O-])cc2)[C@@H]2C(=O)N(c3ccc(Br)cc3)C(=O)[C@@H]21. The lowest BCUT2D eigenvalue weighted by molar-refractivity contribution is -0.384. The van der Waals surface area contributed by atoms with Gasteiger partial charge in [0.1, 0.15) is 6.61 Å². The molecule has 1 aliphatic heterocycles. The highest BCUT2D eigenvalue weighted by atomic mass is 79.9. The highest BCUT2D eigenvalue weighted by Crippen LogP contribution is 2.49. The molecule has 1 saturated heterocycles. The Morgan fingerprint density at radius 3 is 2.29 bits per heavy atom. The van der Waals surface area contributed by atoms with Crippen LogP contribution in [0.4, 0.5) is 11.4 Å². The van der Waals surface area contributed by atoms with Gasteiger partial charge < -0.3 is 4.74 Å². The second-order valence-electron chi connectivity index (χ2n) is 8.17. The number of amides is 2. The van der Waals surface area contributed by atoms with Gasteiger partial charge >= 0.3 is 5.97 Å². The molecule has 0 radical (unpaired) electrons. The maximum Gasteiger partial charge on any atom is 0.338 e. The molecule has 0 spiro atoms. The zero-order chi connectivity index (χ0) is 24.4. The first-order chi connectivity index (χ1) is 16.3. The van der Waals surface area contributed by atoms with Gasteiger partial charge in [0.25, 0.3) is 5.69 Å². The molecule has 1 heterocycles. The van der Waals surface area contributed by atoms with Crippen molar-refractivity contribution in [2.45, 2.75) is 6.42 Å². The fraction of sp³-hybridized carbons (Fsp3) is 0.240. The van der Waals surface area contributed by atoms with Crippen LogP contribution in [0, 0.1) is 33.8 Å². The number of ether oxygens (including phenoxy) is 1. The van der Waals surface area contributed by atoms with Crippen LogP contribution in [0.25, 0.3) is 0 Å². The van der Waals surface area contributed by atoms with Crippen LogP contribution in [-0.2, 0) is 14.3 Å². The molecule has 4 rings (SSSR count). The van der Waals surface area contributed by atoms with E-state index in [1.54, 1.807) is 36.4 Å². The number of fused-ring (bicyclic) bond motifs is 1. The molecule has 174 valence electrons. The highest BCUT2D eigenvalue weighted by molar-refractivity contribution is 9.10. The first-order valence-electron chi connectivity index (χ1n) is 10.7. The van der Waals surface area contributed by atoms with Gasteiger partial charge in [-0.2, -0.15) is 0 Å². The molecule has 2 fully saturated rings. The lowest BCUT2D eigenvalue weighted by Crippen LogP contribution is -2.33. The quantitative estimate of drug-likeness (QED) is 0.171. The van der Waals surface area contributed by atoms with E-state index in [-0.39, 0.29) is 41.5 Å². The number of nitro benzene ring substituents is 1. The number of rotatable bonds is 7. The monoisotopic (exact) mass is 524 g/mol. The van der Waals surface area contributed by atoms with E-state index in [2.05, 4.69) is 22.5 Å². The van der Waals surface area contributed by atoms with Gasteiger partial charge in [-0.3, -0.25) is 24.6 Å². The number of hydrogen-bond donors (Lipinski definition) is 0. The van der Waals surface area contributed by atoms with E-state index in [4.69, 9.17) is 4.74 Å². The first kappa shape index (κ1) is 23.6. The standard InChI is InChI=1S/C25H21BrN2O6/c1-2-15-14-17(4-3-13-34-25(31)16-5-9-20(10-6-16)28(32)33)22-21(15)23(29)27(24(22)30)19-11-7-18(26)8-12-19/h2-12,15,17,21-22H,1,13-14H2/b4-3-/t15-,17+,21-,22+/m1/s1. The fourth-order valence-electron chi connectivity index (χ4n) is 4.66. The Kier molecular flexibility index (Phi) is 6.74. The number of non-ortho nitro benzene ring substituents is 1. The zero-order valence-corrected chi connectivity index (χ0v) is 19.6. The predicted molar refractivity (Wildman–Crippen MR) is 128 cm³/mol. The minimum atomic E-state index is -0.610. The van der Waals surface area contributed by atoms with Crippen LogP contribution >= 0.6 is 15.9 Å². The average molecular weight is 525 g/mol. The molecule has 0 bridgehead atoms. The van der Waals surface area contributed by atoms with Gasteiger partial charge in [-0.1, -0.05) is 34.2 Å². The van der Waals surface area contributed by atoms with Crippen molar-refractivity contribution in [1.82, 2.24) is 0 Å². The van der Waals surface area contributed by atoms with Gasteiger partial charge in [-0.05, 0) is 54.7 Å². The van der Waals surface area contributed by atoms with Crippen molar-refractivity contribution in [3.05, 3.63) is 93.5 Å². The molecule has 0 unspecified atom stereocenters. The van der Waals surface area contributed by atoms with Crippen molar-refractivity contribution >= 4 is 45.1 Å². The van der Waals surface area contributed by atoms with Crippen molar-refractivity contribution in [2.24, 2.45) is 23.7 Å². The molecule has 2 aromatic carbocycles. The largest absolute Gasteiger partial charge is 0.458 e. The summed E-state index contributed by atoms with van der Waals surface area (Å²) in [5.74, 6) is -2.35. The second kappa shape index (κ2) is 9.72. The van der Waals surface area contributed by atoms with Crippen LogP contribution in [0.2, 0.25) is 0 Å². The molecule has 1 saturated carbocycles. The number of nitro groups is 1. The predicted octanol–water partition coefficient (Wildman–Crippen LogP) is 4.70. The Labute approximate surface area is 204 Å². The first-order valence-corrected chi connectivity index (χ1v) is 11.4. The van der Waals surface area contributed by atoms with Crippen molar-refractivity contribution < 1.29 is 24.0 Å². The molecule has 0 aromatic heterocycles. The van der Waals surface area contributed by atoms with Crippen molar-refractivity contribution in [2.75, 3.05) is 11.5 Å². The van der Waals surface area contributed by atoms with Crippen LogP contribution in [0.15, 0.2) is 77.8 Å². The number of imide groups is 1. The Morgan fingerprint density at radius 2 is 1.71 bits per heavy atom. The van der Waals surface area contributed by atoms with E-state index in [9.17, 15) is 24.5 Å². The number of carbonyl (C=O) groups is 3. The molecule has 4 atom stereocenters. The minimum absolute atomic E-state index is 0.0268. The second-order valence-corrected chi connectivity index (χ2v) is 9.09. The number of allylic oxidation sites excluding steroid dienone is 2. The third kappa shape index (κ3) is 4.43. The minimum Gasteiger partial charge on any atom is -0.458 e. The van der Waals surface area contributed by atoms with Gasteiger partial charge in [-0.15, -0.1) is 6.58 Å². The third-order valence-corrected chi connectivity index (χ3v) is 6.79. The van der Waals surface area contributed by atoms with Gasteiger partial charge in [0, 0.05) is 16.6 Å². The molecule has 34 heavy (non-hydrogen) atoms. The lowest BCUT2D eigenvalue weighted by atomic mass is 9.89. The number of benzene rings is 2. The van der Waals surface area contributed by atoms with E-state index in [0.717, 1.165) is 4.47 Å². The summed E-state index contributed by atoms with van der Waals surface area (Å²) in [5.41, 5.74) is 0.625. The Morgan fingerprint density at radius 1 is 1.09 bits per heavy atom. The van der Waals surface area contributed by atoms with Crippen LogP contribution in [0.3, 0.4) is 0 Å². The maximum absolute atomic E-state index is 13.2. The summed E-state index contributed by atoms with van der Waals surface area (Å²) in [6.45, 7) is 3.83. The number of halogens is 1. The summed E-state index contributed by atoms with van der Waals surface area (Å²) >= 11 is 3.36. The fourth-order valence-corrected chi connectivity index (χ4v) is 4.93. The van der Waals surface area contributed by atoms with E-state index >= 15 is 0 Å². The van der Waals surface area contributed by atoms with E-state index in [1.807, 2.05) is 6.08 Å². The van der Waals surface area contributed by atoms with Gasteiger partial charge in [-0.25, -0.2) is 4.79 Å². The molecule has 0 N–H and O–H groups in total. The normalized spacial score (nSPS) is 23.9. The summed E-state index contributed by atoms with van der Waals surface area (Å²) in [7, 11) is 0. The van der Waals surface area contributed by atoms with E-state index < -0.39 is 22.7 Å². The third-order valence-electron chi connectivity index (χ3n) is 6.26. The van der Waals surface area contributed by atoms with Crippen molar-refractivity contribution in [3.63, 3.8) is 0 Å². The van der Waals surface area contributed by atoms with E-state index in [0.29, 0.717) is 12.1 Å². The van der Waals surface area contributed by atoms with Crippen LogP contribution in [-0.4, -0.2) is 29.3 Å². The molecule has 9 heteroatoms. The maximum atomic E-state index is 13.2. The van der Waals surface area contributed by atoms with Crippen molar-refractivity contribution in [3.8, 4) is 0 Å². The number of hydrogen-bond acceptors (Lipinski definition) is 6. The highest BCUT2D eigenvalue weighted by Gasteiger charge is 2.57. The van der Waals surface area contributed by atoms with Gasteiger partial charge in [0.2, 0.25) is 11.8 Å². The molecule has 8 nitrogen and oxygen atoms in total. The van der Waals surface area contributed by atoms with Crippen LogP contribution in [0.5, 0.6) is 0 Å². The number of esters is 1. The lowest BCUT2D eigenvalue weighted by Gasteiger charge is -2.19. The number of anilines is 1. The molecule has 1 aliphatic carbocycles. The summed E-state index contributed by atoms with van der Waals surface area (Å²) in [6.07, 6.45) is 5.82. The molecular formula is C25H21BrN2O6. The summed E-state index contributed by atoms with van der Waals surface area (Å²) < 4.78 is 6.07. The Hall–Kier alpha value is -3.59. The van der Waals surface area contributed by atoms with Crippen molar-refractivity contribution in [1.29, 1.82) is 0 Å². The van der Waals surface area contributed by atoms with Gasteiger partial charge in [0.15, 0.2) is 0 Å². The topological polar surface area (TPSA) is 107 Å². The molecule has 2 aromatic rings.